The Bertz CT molecular complexity index is 824. The molecule has 1 N–H and O–H groups in total. The number of nitrogens with zero attached hydrogens (tertiary/aromatic N) is 3. The summed E-state index contributed by atoms with van der Waals surface area (Å²) in [5.41, 5.74) is 2.01. The third kappa shape index (κ3) is 4.52. The van der Waals surface area contributed by atoms with E-state index in [-0.39, 0.29) is 17.9 Å². The fourth-order valence-electron chi connectivity index (χ4n) is 3.40. The smallest absolute Gasteiger partial charge is 0.319 e. The first-order chi connectivity index (χ1) is 13.4. The number of piperidine rings is 1. The van der Waals surface area contributed by atoms with Gasteiger partial charge in [-0.25, -0.2) is 9.78 Å². The van der Waals surface area contributed by atoms with Crippen LogP contribution >= 0.6 is 11.3 Å². The highest BCUT2D eigenvalue weighted by molar-refractivity contribution is 7.16. The molecule has 2 heterocycles. The van der Waals surface area contributed by atoms with Crippen molar-refractivity contribution in [1.29, 1.82) is 0 Å². The molecule has 1 aromatic carbocycles. The van der Waals surface area contributed by atoms with E-state index in [0.717, 1.165) is 11.3 Å². The summed E-state index contributed by atoms with van der Waals surface area (Å²) in [5, 5.41) is 3.67. The summed E-state index contributed by atoms with van der Waals surface area (Å²) in [6, 6.07) is 10.1. The summed E-state index contributed by atoms with van der Waals surface area (Å²) in [6.07, 6.45) is 1.36. The van der Waals surface area contributed by atoms with Gasteiger partial charge < -0.3 is 15.1 Å². The highest BCUT2D eigenvalue weighted by Crippen LogP contribution is 2.36. The second-order valence-corrected chi connectivity index (χ2v) is 8.71. The van der Waals surface area contributed by atoms with Crippen molar-refractivity contribution < 1.29 is 9.59 Å². The third-order valence-electron chi connectivity index (χ3n) is 4.97. The SMILES string of the molecule is CC(C)c1sc(NC(=O)C2CCN(C(=O)N(C)C)CC2)nc1-c1ccccc1. The fraction of sp³-hybridized carbons (Fsp3) is 0.476. The van der Waals surface area contributed by atoms with Gasteiger partial charge in [-0.3, -0.25) is 4.79 Å². The van der Waals surface area contributed by atoms with Crippen LogP contribution in [0.25, 0.3) is 11.3 Å². The molecular weight excluding hydrogens is 372 g/mol. The minimum atomic E-state index is -0.0854. The quantitative estimate of drug-likeness (QED) is 0.834. The number of rotatable bonds is 4. The maximum Gasteiger partial charge on any atom is 0.319 e. The molecule has 0 spiro atoms. The molecule has 1 aliphatic heterocycles. The van der Waals surface area contributed by atoms with Crippen molar-refractivity contribution in [3.63, 3.8) is 0 Å². The lowest BCUT2D eigenvalue weighted by Gasteiger charge is -2.32. The average Bonchev–Trinajstić information content (AvgIpc) is 3.12. The number of amides is 3. The lowest BCUT2D eigenvalue weighted by molar-refractivity contribution is -0.121. The number of benzene rings is 1. The highest BCUT2D eigenvalue weighted by atomic mass is 32.1. The second kappa shape index (κ2) is 8.73. The molecule has 1 aliphatic rings. The molecule has 3 amide bonds. The van der Waals surface area contributed by atoms with Gasteiger partial charge in [-0.1, -0.05) is 44.2 Å². The van der Waals surface area contributed by atoms with E-state index in [1.54, 1.807) is 35.2 Å². The molecule has 3 rings (SSSR count). The Hall–Kier alpha value is -2.41. The van der Waals surface area contributed by atoms with Crippen molar-refractivity contribution in [1.82, 2.24) is 14.8 Å². The molecule has 0 saturated carbocycles. The Morgan fingerprint density at radius 3 is 2.39 bits per heavy atom. The van der Waals surface area contributed by atoms with E-state index in [9.17, 15) is 9.59 Å². The maximum absolute atomic E-state index is 12.7. The standard InChI is InChI=1S/C21H28N4O2S/c1-14(2)18-17(15-8-6-5-7-9-15)22-20(28-18)23-19(26)16-10-12-25(13-11-16)21(27)24(3)4/h5-9,14,16H,10-13H2,1-4H3,(H,22,23,26). The second-order valence-electron chi connectivity index (χ2n) is 7.68. The number of likely N-dealkylation sites (tertiary alicyclic amines) is 1. The van der Waals surface area contributed by atoms with Crippen molar-refractivity contribution >= 4 is 28.4 Å². The van der Waals surface area contributed by atoms with Crippen LogP contribution in [0, 0.1) is 5.92 Å². The minimum Gasteiger partial charge on any atom is -0.331 e. The van der Waals surface area contributed by atoms with Crippen molar-refractivity contribution in [2.75, 3.05) is 32.5 Å². The van der Waals surface area contributed by atoms with Crippen LogP contribution in [-0.4, -0.2) is 53.9 Å². The van der Waals surface area contributed by atoms with Crippen LogP contribution in [0.15, 0.2) is 30.3 Å². The van der Waals surface area contributed by atoms with Crippen molar-refractivity contribution in [2.24, 2.45) is 5.92 Å². The van der Waals surface area contributed by atoms with Gasteiger partial charge >= 0.3 is 6.03 Å². The number of hydrogen-bond acceptors (Lipinski definition) is 4. The van der Waals surface area contributed by atoms with Crippen LogP contribution in [0.4, 0.5) is 9.93 Å². The number of carbonyl (C=O) groups is 2. The van der Waals surface area contributed by atoms with E-state index in [0.29, 0.717) is 37.0 Å². The van der Waals surface area contributed by atoms with Crippen LogP contribution in [0.5, 0.6) is 0 Å². The lowest BCUT2D eigenvalue weighted by Crippen LogP contribution is -2.45. The van der Waals surface area contributed by atoms with Crippen molar-refractivity contribution in [3.05, 3.63) is 35.2 Å². The Labute approximate surface area is 170 Å². The van der Waals surface area contributed by atoms with Gasteiger partial charge in [-0.15, -0.1) is 11.3 Å². The van der Waals surface area contributed by atoms with Crippen molar-refractivity contribution in [3.8, 4) is 11.3 Å². The summed E-state index contributed by atoms with van der Waals surface area (Å²) in [4.78, 5) is 34.1. The minimum absolute atomic E-state index is 0.000574. The summed E-state index contributed by atoms with van der Waals surface area (Å²) in [5.74, 6) is 0.247. The maximum atomic E-state index is 12.7. The van der Waals surface area contributed by atoms with E-state index >= 15 is 0 Å². The third-order valence-corrected chi connectivity index (χ3v) is 6.25. The lowest BCUT2D eigenvalue weighted by atomic mass is 9.96. The van der Waals surface area contributed by atoms with Crippen LogP contribution in [0.1, 0.15) is 37.5 Å². The Balaban J connectivity index is 1.67. The molecule has 150 valence electrons. The Morgan fingerprint density at radius 2 is 1.82 bits per heavy atom. The molecular formula is C21H28N4O2S. The van der Waals surface area contributed by atoms with Gasteiger partial charge in [-0.2, -0.15) is 0 Å². The van der Waals surface area contributed by atoms with Gasteiger partial charge in [0, 0.05) is 43.5 Å². The van der Waals surface area contributed by atoms with Crippen LogP contribution < -0.4 is 5.32 Å². The van der Waals surface area contributed by atoms with E-state index in [4.69, 9.17) is 4.98 Å². The topological polar surface area (TPSA) is 65.5 Å². The average molecular weight is 401 g/mol. The molecule has 6 nitrogen and oxygen atoms in total. The molecule has 2 aromatic rings. The van der Waals surface area contributed by atoms with Gasteiger partial charge in [0.25, 0.3) is 0 Å². The summed E-state index contributed by atoms with van der Waals surface area (Å²) >= 11 is 1.55. The first-order valence-corrected chi connectivity index (χ1v) is 10.5. The zero-order valence-corrected chi connectivity index (χ0v) is 17.8. The first kappa shape index (κ1) is 20.3. The molecule has 0 aliphatic carbocycles. The number of aromatic nitrogens is 1. The molecule has 0 unspecified atom stereocenters. The number of hydrogen-bond donors (Lipinski definition) is 1. The Morgan fingerprint density at radius 1 is 1.18 bits per heavy atom. The number of nitrogens with one attached hydrogen (secondary N) is 1. The molecule has 28 heavy (non-hydrogen) atoms. The van der Waals surface area contributed by atoms with Gasteiger partial charge in [-0.05, 0) is 18.8 Å². The number of carbonyl (C=O) groups excluding carboxylic acids is 2. The zero-order chi connectivity index (χ0) is 20.3. The predicted octanol–water partition coefficient (Wildman–Crippen LogP) is 4.27. The number of anilines is 1. The summed E-state index contributed by atoms with van der Waals surface area (Å²) in [7, 11) is 3.50. The molecule has 1 fully saturated rings. The number of thiazole rings is 1. The van der Waals surface area contributed by atoms with Crippen molar-refractivity contribution in [2.45, 2.75) is 32.6 Å². The molecule has 1 saturated heterocycles. The molecule has 7 heteroatoms. The predicted molar refractivity (Wildman–Crippen MR) is 114 cm³/mol. The zero-order valence-electron chi connectivity index (χ0n) is 16.9. The van der Waals surface area contributed by atoms with Gasteiger partial charge in [0.05, 0.1) is 5.69 Å². The van der Waals surface area contributed by atoms with Crippen LogP contribution in [0.2, 0.25) is 0 Å². The summed E-state index contributed by atoms with van der Waals surface area (Å²) in [6.45, 7) is 5.50. The molecule has 0 radical (unpaired) electrons. The first-order valence-electron chi connectivity index (χ1n) is 9.70. The number of urea groups is 1. The molecule has 0 bridgehead atoms. The largest absolute Gasteiger partial charge is 0.331 e. The molecule has 0 atom stereocenters. The fourth-order valence-corrected chi connectivity index (χ4v) is 4.40. The van der Waals surface area contributed by atoms with Gasteiger partial charge in [0.15, 0.2) is 5.13 Å². The highest BCUT2D eigenvalue weighted by Gasteiger charge is 2.28. The van der Waals surface area contributed by atoms with Crippen LogP contribution in [0.3, 0.4) is 0 Å². The van der Waals surface area contributed by atoms with E-state index in [2.05, 4.69) is 19.2 Å². The van der Waals surface area contributed by atoms with Gasteiger partial charge in [0.2, 0.25) is 5.91 Å². The summed E-state index contributed by atoms with van der Waals surface area (Å²) < 4.78 is 0. The van der Waals surface area contributed by atoms with E-state index < -0.39 is 0 Å². The normalized spacial score (nSPS) is 15.0. The van der Waals surface area contributed by atoms with Gasteiger partial charge in [0.1, 0.15) is 0 Å². The Kier molecular flexibility index (Phi) is 6.34. The van der Waals surface area contributed by atoms with E-state index in [1.165, 1.54) is 4.88 Å². The molecule has 1 aromatic heterocycles. The monoisotopic (exact) mass is 400 g/mol. The van der Waals surface area contributed by atoms with Crippen LogP contribution in [-0.2, 0) is 4.79 Å². The van der Waals surface area contributed by atoms with E-state index in [1.807, 2.05) is 30.3 Å².